The maximum atomic E-state index is 13.7. The lowest BCUT2D eigenvalue weighted by Crippen LogP contribution is -2.35. The molecule has 148 valence electrons. The van der Waals surface area contributed by atoms with Crippen molar-refractivity contribution in [3.63, 3.8) is 0 Å². The third-order valence-electron chi connectivity index (χ3n) is 5.23. The van der Waals surface area contributed by atoms with Crippen molar-refractivity contribution in [2.24, 2.45) is 11.8 Å². The highest BCUT2D eigenvalue weighted by atomic mass is 19.1. The molecule has 6 heteroatoms. The quantitative estimate of drug-likeness (QED) is 0.794. The number of halogens is 1. The van der Waals surface area contributed by atoms with Crippen molar-refractivity contribution in [2.45, 2.75) is 32.2 Å². The maximum absolute atomic E-state index is 13.7. The van der Waals surface area contributed by atoms with Crippen LogP contribution in [0.15, 0.2) is 48.5 Å². The number of rotatable bonds is 6. The Morgan fingerprint density at radius 2 is 1.57 bits per heavy atom. The summed E-state index contributed by atoms with van der Waals surface area (Å²) < 4.78 is 18.8. The van der Waals surface area contributed by atoms with E-state index in [2.05, 4.69) is 10.6 Å². The molecule has 1 fully saturated rings. The van der Waals surface area contributed by atoms with E-state index in [0.29, 0.717) is 32.2 Å². The molecule has 0 radical (unpaired) electrons. The molecule has 0 bridgehead atoms. The zero-order valence-corrected chi connectivity index (χ0v) is 15.9. The van der Waals surface area contributed by atoms with Crippen LogP contribution >= 0.6 is 0 Å². The van der Waals surface area contributed by atoms with Crippen LogP contribution in [0, 0.1) is 17.7 Å². The first kappa shape index (κ1) is 19.9. The van der Waals surface area contributed by atoms with Crippen LogP contribution in [0.25, 0.3) is 0 Å². The lowest BCUT2D eigenvalue weighted by atomic mass is 9.81. The number of ether oxygens (including phenoxy) is 1. The summed E-state index contributed by atoms with van der Waals surface area (Å²) >= 11 is 0. The van der Waals surface area contributed by atoms with Gasteiger partial charge in [-0.2, -0.15) is 0 Å². The number of methoxy groups -OCH3 is 1. The van der Waals surface area contributed by atoms with Gasteiger partial charge < -0.3 is 15.4 Å². The highest BCUT2D eigenvalue weighted by molar-refractivity contribution is 5.92. The Hall–Kier alpha value is -2.89. The second-order valence-corrected chi connectivity index (χ2v) is 7.08. The van der Waals surface area contributed by atoms with E-state index in [0.717, 1.165) is 11.3 Å². The summed E-state index contributed by atoms with van der Waals surface area (Å²) in [6.45, 7) is 0.469. The van der Waals surface area contributed by atoms with Crippen LogP contribution in [0.3, 0.4) is 0 Å². The lowest BCUT2D eigenvalue weighted by molar-refractivity contribution is -0.128. The molecule has 0 spiro atoms. The van der Waals surface area contributed by atoms with Gasteiger partial charge in [0.15, 0.2) is 0 Å². The zero-order valence-electron chi connectivity index (χ0n) is 15.9. The number of amides is 2. The van der Waals surface area contributed by atoms with E-state index >= 15 is 0 Å². The van der Waals surface area contributed by atoms with Crippen molar-refractivity contribution >= 4 is 17.5 Å². The van der Waals surface area contributed by atoms with Crippen molar-refractivity contribution < 1.29 is 18.7 Å². The molecule has 1 aliphatic rings. The summed E-state index contributed by atoms with van der Waals surface area (Å²) in [6, 6.07) is 13.7. The Kier molecular flexibility index (Phi) is 6.63. The van der Waals surface area contributed by atoms with Crippen LogP contribution in [0.2, 0.25) is 0 Å². The van der Waals surface area contributed by atoms with Gasteiger partial charge in [0, 0.05) is 18.4 Å². The van der Waals surface area contributed by atoms with E-state index in [1.165, 1.54) is 6.07 Å². The molecule has 0 unspecified atom stereocenters. The number of hydrogen-bond donors (Lipinski definition) is 2. The Morgan fingerprint density at radius 1 is 0.964 bits per heavy atom. The van der Waals surface area contributed by atoms with Crippen LogP contribution < -0.4 is 15.4 Å². The Labute approximate surface area is 164 Å². The van der Waals surface area contributed by atoms with Gasteiger partial charge in [0.05, 0.1) is 12.8 Å². The SMILES string of the molecule is COc1ccc(CNC(=O)C2CCC(C(=O)Nc3ccccc3F)CC2)cc1. The van der Waals surface area contributed by atoms with E-state index in [-0.39, 0.29) is 29.3 Å². The first-order chi connectivity index (χ1) is 13.6. The minimum absolute atomic E-state index is 0.0174. The Balaban J connectivity index is 1.44. The number of benzene rings is 2. The monoisotopic (exact) mass is 384 g/mol. The molecule has 1 saturated carbocycles. The van der Waals surface area contributed by atoms with Gasteiger partial charge in [-0.3, -0.25) is 9.59 Å². The number of para-hydroxylation sites is 1. The molecule has 2 N–H and O–H groups in total. The minimum atomic E-state index is -0.442. The molecule has 2 aromatic rings. The van der Waals surface area contributed by atoms with E-state index in [4.69, 9.17) is 4.74 Å². The minimum Gasteiger partial charge on any atom is -0.497 e. The Bertz CT molecular complexity index is 815. The molecule has 0 heterocycles. The first-order valence-electron chi connectivity index (χ1n) is 9.53. The largest absolute Gasteiger partial charge is 0.497 e. The number of carbonyl (C=O) groups excluding carboxylic acids is 2. The molecule has 2 amide bonds. The van der Waals surface area contributed by atoms with Crippen LogP contribution in [0.5, 0.6) is 5.75 Å². The second-order valence-electron chi connectivity index (χ2n) is 7.08. The molecule has 0 atom stereocenters. The van der Waals surface area contributed by atoms with Crippen molar-refractivity contribution in [1.29, 1.82) is 0 Å². The molecule has 0 aliphatic heterocycles. The summed E-state index contributed by atoms with van der Waals surface area (Å²) in [6.07, 6.45) is 2.56. The molecular weight excluding hydrogens is 359 g/mol. The summed E-state index contributed by atoms with van der Waals surface area (Å²) in [5.74, 6) is -0.100. The second kappa shape index (κ2) is 9.35. The molecule has 5 nitrogen and oxygen atoms in total. The van der Waals surface area contributed by atoms with Crippen molar-refractivity contribution in [1.82, 2.24) is 5.32 Å². The predicted octanol–water partition coefficient (Wildman–Crippen LogP) is 3.90. The molecule has 2 aromatic carbocycles. The standard InChI is InChI=1S/C22H25FN2O3/c1-28-18-12-6-15(7-13-18)14-24-21(26)16-8-10-17(11-9-16)22(27)25-20-5-3-2-4-19(20)23/h2-7,12-13,16-17H,8-11,14H2,1H3,(H,24,26)(H,25,27). The normalized spacial score (nSPS) is 18.9. The zero-order chi connectivity index (χ0) is 19.9. The maximum Gasteiger partial charge on any atom is 0.227 e. The fraction of sp³-hybridized carbons (Fsp3) is 0.364. The molecular formula is C22H25FN2O3. The average molecular weight is 384 g/mol. The summed E-state index contributed by atoms with van der Waals surface area (Å²) in [7, 11) is 1.61. The van der Waals surface area contributed by atoms with Gasteiger partial charge in [0.1, 0.15) is 11.6 Å². The number of nitrogens with one attached hydrogen (secondary N) is 2. The van der Waals surface area contributed by atoms with E-state index < -0.39 is 5.82 Å². The van der Waals surface area contributed by atoms with E-state index in [1.54, 1.807) is 25.3 Å². The van der Waals surface area contributed by atoms with Crippen LogP contribution in [-0.2, 0) is 16.1 Å². The summed E-state index contributed by atoms with van der Waals surface area (Å²) in [5.41, 5.74) is 1.21. The number of anilines is 1. The highest BCUT2D eigenvalue weighted by Gasteiger charge is 2.30. The fourth-order valence-corrected chi connectivity index (χ4v) is 3.49. The number of hydrogen-bond acceptors (Lipinski definition) is 3. The van der Waals surface area contributed by atoms with Gasteiger partial charge in [0.25, 0.3) is 0 Å². The van der Waals surface area contributed by atoms with E-state index in [9.17, 15) is 14.0 Å². The van der Waals surface area contributed by atoms with Crippen LogP contribution in [-0.4, -0.2) is 18.9 Å². The van der Waals surface area contributed by atoms with Crippen molar-refractivity contribution in [3.8, 4) is 5.75 Å². The van der Waals surface area contributed by atoms with Gasteiger partial charge in [0.2, 0.25) is 11.8 Å². The van der Waals surface area contributed by atoms with Gasteiger partial charge >= 0.3 is 0 Å². The van der Waals surface area contributed by atoms with Crippen LogP contribution in [0.4, 0.5) is 10.1 Å². The van der Waals surface area contributed by atoms with Crippen molar-refractivity contribution in [3.05, 3.63) is 59.9 Å². The molecule has 0 aromatic heterocycles. The molecule has 3 rings (SSSR count). The summed E-state index contributed by atoms with van der Waals surface area (Å²) in [5, 5.41) is 5.62. The van der Waals surface area contributed by atoms with Gasteiger partial charge in [-0.1, -0.05) is 24.3 Å². The first-order valence-corrected chi connectivity index (χ1v) is 9.53. The Morgan fingerprint density at radius 3 is 2.18 bits per heavy atom. The smallest absolute Gasteiger partial charge is 0.227 e. The third-order valence-corrected chi connectivity index (χ3v) is 5.23. The molecule has 1 aliphatic carbocycles. The lowest BCUT2D eigenvalue weighted by Gasteiger charge is -2.27. The van der Waals surface area contributed by atoms with Crippen molar-refractivity contribution in [2.75, 3.05) is 12.4 Å². The predicted molar refractivity (Wildman–Crippen MR) is 105 cm³/mol. The third kappa shape index (κ3) is 5.09. The van der Waals surface area contributed by atoms with Gasteiger partial charge in [-0.25, -0.2) is 4.39 Å². The van der Waals surface area contributed by atoms with Gasteiger partial charge in [-0.15, -0.1) is 0 Å². The van der Waals surface area contributed by atoms with Crippen LogP contribution in [0.1, 0.15) is 31.2 Å². The average Bonchev–Trinajstić information content (AvgIpc) is 2.74. The van der Waals surface area contributed by atoms with E-state index in [1.807, 2.05) is 24.3 Å². The fourth-order valence-electron chi connectivity index (χ4n) is 3.49. The van der Waals surface area contributed by atoms with Gasteiger partial charge in [-0.05, 0) is 55.5 Å². The molecule has 28 heavy (non-hydrogen) atoms. The molecule has 0 saturated heterocycles. The summed E-state index contributed by atoms with van der Waals surface area (Å²) in [4.78, 5) is 24.8. The topological polar surface area (TPSA) is 67.4 Å². The highest BCUT2D eigenvalue weighted by Crippen LogP contribution is 2.30. The number of carbonyl (C=O) groups is 2.